The van der Waals surface area contributed by atoms with Crippen molar-refractivity contribution < 1.29 is 0 Å². The van der Waals surface area contributed by atoms with Crippen LogP contribution < -0.4 is 0 Å². The first-order valence-electron chi connectivity index (χ1n) is 5.70. The number of halogens is 2. The van der Waals surface area contributed by atoms with Crippen LogP contribution in [0, 0.1) is 0 Å². The van der Waals surface area contributed by atoms with Gasteiger partial charge >= 0.3 is 0 Å². The smallest absolute Gasteiger partial charge is 0.223 e. The van der Waals surface area contributed by atoms with Gasteiger partial charge in [-0.1, -0.05) is 17.8 Å². The molecule has 0 fully saturated rings. The van der Waals surface area contributed by atoms with Crippen molar-refractivity contribution in [1.29, 1.82) is 0 Å². The average molecular weight is 342 g/mol. The summed E-state index contributed by atoms with van der Waals surface area (Å²) >= 11 is 10.9. The van der Waals surface area contributed by atoms with Gasteiger partial charge in [-0.15, -0.1) is 0 Å². The average Bonchev–Trinajstić information content (AvgIpc) is 2.81. The lowest BCUT2D eigenvalue weighted by molar-refractivity contribution is 0.911. The van der Waals surface area contributed by atoms with Crippen molar-refractivity contribution in [2.45, 2.75) is 29.2 Å². The maximum Gasteiger partial charge on any atom is 0.223 e. The highest BCUT2D eigenvalue weighted by atomic mass is 79.9. The first-order valence-corrected chi connectivity index (χ1v) is 7.69. The number of benzene rings is 1. The van der Waals surface area contributed by atoms with Gasteiger partial charge in [0.05, 0.1) is 4.47 Å². The van der Waals surface area contributed by atoms with Crippen LogP contribution in [0.3, 0.4) is 0 Å². The lowest BCUT2D eigenvalue weighted by Crippen LogP contribution is -1.88. The molecule has 1 aliphatic carbocycles. The number of aromatic nitrogens is 2. The van der Waals surface area contributed by atoms with Crippen LogP contribution in [0.15, 0.2) is 38.8 Å². The molecule has 0 N–H and O–H groups in total. The van der Waals surface area contributed by atoms with Crippen molar-refractivity contribution in [2.24, 2.45) is 0 Å². The lowest BCUT2D eigenvalue weighted by atomic mass is 10.1. The predicted octanol–water partition coefficient (Wildman–Crippen LogP) is 4.53. The fourth-order valence-electron chi connectivity index (χ4n) is 2.13. The molecule has 0 atom stereocenters. The zero-order valence-corrected chi connectivity index (χ0v) is 12.6. The van der Waals surface area contributed by atoms with Crippen LogP contribution in [0.5, 0.6) is 0 Å². The SMILES string of the molecule is Clc1ncc(Br)c(Sc2ccc3c(c2)CCC3)n1. The van der Waals surface area contributed by atoms with E-state index < -0.39 is 0 Å². The van der Waals surface area contributed by atoms with Gasteiger partial charge in [0.25, 0.3) is 0 Å². The van der Waals surface area contributed by atoms with Crippen molar-refractivity contribution >= 4 is 39.3 Å². The highest BCUT2D eigenvalue weighted by Gasteiger charge is 2.12. The Morgan fingerprint density at radius 3 is 2.94 bits per heavy atom. The minimum Gasteiger partial charge on any atom is -0.225 e. The van der Waals surface area contributed by atoms with Gasteiger partial charge in [-0.2, -0.15) is 0 Å². The zero-order chi connectivity index (χ0) is 12.5. The first-order chi connectivity index (χ1) is 8.72. The van der Waals surface area contributed by atoms with E-state index in [0.717, 1.165) is 9.50 Å². The summed E-state index contributed by atoms with van der Waals surface area (Å²) < 4.78 is 0.873. The normalized spacial score (nSPS) is 13.7. The molecule has 3 rings (SSSR count). The molecule has 1 aromatic carbocycles. The van der Waals surface area contributed by atoms with E-state index in [2.05, 4.69) is 44.1 Å². The molecule has 1 aromatic heterocycles. The lowest BCUT2D eigenvalue weighted by Gasteiger charge is -2.05. The number of hydrogen-bond donors (Lipinski definition) is 0. The van der Waals surface area contributed by atoms with E-state index in [-0.39, 0.29) is 5.28 Å². The Morgan fingerprint density at radius 2 is 2.06 bits per heavy atom. The summed E-state index contributed by atoms with van der Waals surface area (Å²) in [4.78, 5) is 9.37. The van der Waals surface area contributed by atoms with E-state index in [1.54, 1.807) is 18.0 Å². The van der Waals surface area contributed by atoms with E-state index in [9.17, 15) is 0 Å². The molecular formula is C13H10BrClN2S. The second-order valence-electron chi connectivity index (χ2n) is 4.18. The number of nitrogens with zero attached hydrogens (tertiary/aromatic N) is 2. The minimum absolute atomic E-state index is 0.280. The summed E-state index contributed by atoms with van der Waals surface area (Å²) in [5.74, 6) is 0. The van der Waals surface area contributed by atoms with Gasteiger partial charge in [-0.3, -0.25) is 0 Å². The summed E-state index contributed by atoms with van der Waals surface area (Å²) in [5, 5.41) is 1.13. The fraction of sp³-hybridized carbons (Fsp3) is 0.231. The van der Waals surface area contributed by atoms with Crippen molar-refractivity contribution in [2.75, 3.05) is 0 Å². The van der Waals surface area contributed by atoms with E-state index >= 15 is 0 Å². The number of aryl methyl sites for hydroxylation is 2. The van der Waals surface area contributed by atoms with E-state index in [1.165, 1.54) is 35.3 Å². The van der Waals surface area contributed by atoms with Gasteiger partial charge in [0.2, 0.25) is 5.28 Å². The molecule has 0 bridgehead atoms. The largest absolute Gasteiger partial charge is 0.225 e. The van der Waals surface area contributed by atoms with Crippen LogP contribution in [0.1, 0.15) is 17.5 Å². The van der Waals surface area contributed by atoms with Gasteiger partial charge in [0, 0.05) is 11.1 Å². The molecule has 1 heterocycles. The highest BCUT2D eigenvalue weighted by molar-refractivity contribution is 9.10. The predicted molar refractivity (Wildman–Crippen MR) is 77.3 cm³/mol. The first kappa shape index (κ1) is 12.5. The van der Waals surface area contributed by atoms with Gasteiger partial charge < -0.3 is 0 Å². The van der Waals surface area contributed by atoms with E-state index in [0.29, 0.717) is 0 Å². The Labute approximate surface area is 123 Å². The van der Waals surface area contributed by atoms with E-state index in [1.807, 2.05) is 0 Å². The maximum atomic E-state index is 5.82. The molecule has 2 aromatic rings. The van der Waals surface area contributed by atoms with Crippen molar-refractivity contribution in [3.8, 4) is 0 Å². The number of hydrogen-bond acceptors (Lipinski definition) is 3. The third-order valence-corrected chi connectivity index (χ3v) is 4.99. The molecule has 0 radical (unpaired) electrons. The van der Waals surface area contributed by atoms with Crippen LogP contribution in [-0.4, -0.2) is 9.97 Å². The summed E-state index contributed by atoms with van der Waals surface area (Å²) in [7, 11) is 0. The molecule has 0 aliphatic heterocycles. The third kappa shape index (κ3) is 2.56. The van der Waals surface area contributed by atoms with Gasteiger partial charge in [-0.05, 0) is 70.1 Å². The Morgan fingerprint density at radius 1 is 1.22 bits per heavy atom. The summed E-state index contributed by atoms with van der Waals surface area (Å²) in [5.41, 5.74) is 2.95. The number of fused-ring (bicyclic) bond motifs is 1. The van der Waals surface area contributed by atoms with Crippen LogP contribution in [-0.2, 0) is 12.8 Å². The molecule has 1 aliphatic rings. The van der Waals surface area contributed by atoms with Gasteiger partial charge in [0.15, 0.2) is 0 Å². The molecule has 0 amide bonds. The third-order valence-electron chi connectivity index (χ3n) is 2.97. The molecule has 92 valence electrons. The molecule has 0 spiro atoms. The maximum absolute atomic E-state index is 5.82. The monoisotopic (exact) mass is 340 g/mol. The Kier molecular flexibility index (Phi) is 3.59. The van der Waals surface area contributed by atoms with Crippen LogP contribution in [0.4, 0.5) is 0 Å². The van der Waals surface area contributed by atoms with Crippen LogP contribution in [0.25, 0.3) is 0 Å². The second-order valence-corrected chi connectivity index (χ2v) is 6.43. The van der Waals surface area contributed by atoms with Crippen molar-refractivity contribution in [1.82, 2.24) is 9.97 Å². The second kappa shape index (κ2) is 5.19. The molecule has 0 unspecified atom stereocenters. The summed E-state index contributed by atoms with van der Waals surface area (Å²) in [6.07, 6.45) is 5.36. The highest BCUT2D eigenvalue weighted by Crippen LogP contribution is 2.34. The topological polar surface area (TPSA) is 25.8 Å². The molecule has 2 nitrogen and oxygen atoms in total. The van der Waals surface area contributed by atoms with Gasteiger partial charge in [-0.25, -0.2) is 9.97 Å². The van der Waals surface area contributed by atoms with Crippen LogP contribution in [0.2, 0.25) is 5.28 Å². The molecule has 5 heteroatoms. The molecular weight excluding hydrogens is 332 g/mol. The van der Waals surface area contributed by atoms with Crippen LogP contribution >= 0.6 is 39.3 Å². The Hall–Kier alpha value is -0.580. The zero-order valence-electron chi connectivity index (χ0n) is 9.49. The van der Waals surface area contributed by atoms with E-state index in [4.69, 9.17) is 11.6 Å². The Balaban J connectivity index is 1.90. The molecule has 0 saturated carbocycles. The Bertz CT molecular complexity index is 604. The fourth-order valence-corrected chi connectivity index (χ4v) is 3.59. The minimum atomic E-state index is 0.280. The molecule has 18 heavy (non-hydrogen) atoms. The summed E-state index contributed by atoms with van der Waals surface area (Å²) in [6.45, 7) is 0. The number of rotatable bonds is 2. The quantitative estimate of drug-likeness (QED) is 0.593. The standard InChI is InChI=1S/C13H10BrClN2S/c14-11-7-16-13(15)17-12(11)18-10-5-4-8-2-1-3-9(8)6-10/h4-7H,1-3H2. The van der Waals surface area contributed by atoms with Gasteiger partial charge in [0.1, 0.15) is 5.03 Å². The molecule has 0 saturated heterocycles. The van der Waals surface area contributed by atoms with Crippen molar-refractivity contribution in [3.05, 3.63) is 45.3 Å². The van der Waals surface area contributed by atoms with Crippen molar-refractivity contribution in [3.63, 3.8) is 0 Å². The summed E-state index contributed by atoms with van der Waals surface area (Å²) in [6, 6.07) is 6.63.